The van der Waals surface area contributed by atoms with Crippen LogP contribution in [-0.4, -0.2) is 78.9 Å². The first-order valence-electron chi connectivity index (χ1n) is 8.18. The van der Waals surface area contributed by atoms with E-state index >= 15 is 0 Å². The average molecular weight is 348 g/mol. The van der Waals surface area contributed by atoms with Crippen LogP contribution in [0.3, 0.4) is 0 Å². The molecule has 0 aromatic carbocycles. The highest BCUT2D eigenvalue weighted by Crippen LogP contribution is 2.36. The number of hydrogen-bond acceptors (Lipinski definition) is 6. The van der Waals surface area contributed by atoms with Crippen LogP contribution in [0.25, 0.3) is 0 Å². The van der Waals surface area contributed by atoms with Gasteiger partial charge in [-0.3, -0.25) is 9.69 Å². The summed E-state index contributed by atoms with van der Waals surface area (Å²) >= 11 is 0. The van der Waals surface area contributed by atoms with Crippen molar-refractivity contribution in [2.45, 2.75) is 44.5 Å². The van der Waals surface area contributed by atoms with Crippen LogP contribution >= 0.6 is 0 Å². The van der Waals surface area contributed by atoms with Crippen LogP contribution in [0.1, 0.15) is 33.6 Å². The Morgan fingerprint density at radius 2 is 1.74 bits per heavy atom. The van der Waals surface area contributed by atoms with Crippen LogP contribution in [-0.2, 0) is 19.6 Å². The Kier molecular flexibility index (Phi) is 5.71. The number of ether oxygens (including phenoxy) is 1. The largest absolute Gasteiger partial charge is 0.460 e. The van der Waals surface area contributed by atoms with Crippen molar-refractivity contribution in [1.82, 2.24) is 9.21 Å². The van der Waals surface area contributed by atoms with E-state index < -0.39 is 20.9 Å². The summed E-state index contributed by atoms with van der Waals surface area (Å²) < 4.78 is 32.0. The third-order valence-electron chi connectivity index (χ3n) is 4.36. The number of aliphatic hydroxyl groups excluding tert-OH is 1. The van der Waals surface area contributed by atoms with Gasteiger partial charge in [0.15, 0.2) is 0 Å². The van der Waals surface area contributed by atoms with E-state index in [-0.39, 0.29) is 18.5 Å². The van der Waals surface area contributed by atoms with Crippen LogP contribution in [0, 0.1) is 5.92 Å². The van der Waals surface area contributed by atoms with Crippen molar-refractivity contribution in [2.75, 3.05) is 39.3 Å². The Labute approximate surface area is 138 Å². The van der Waals surface area contributed by atoms with Gasteiger partial charge in [-0.15, -0.1) is 0 Å². The zero-order chi connectivity index (χ0) is 17.3. The molecule has 134 valence electrons. The summed E-state index contributed by atoms with van der Waals surface area (Å²) in [5.41, 5.74) is -0.538. The molecule has 2 fully saturated rings. The maximum Gasteiger partial charge on any atom is 0.309 e. The number of rotatable bonds is 5. The molecule has 0 amide bonds. The average Bonchev–Trinajstić information content (AvgIpc) is 2.35. The molecule has 8 heteroatoms. The highest BCUT2D eigenvalue weighted by Gasteiger charge is 2.46. The van der Waals surface area contributed by atoms with Crippen LogP contribution in [0.5, 0.6) is 0 Å². The molecule has 1 heterocycles. The van der Waals surface area contributed by atoms with Gasteiger partial charge in [0.1, 0.15) is 5.60 Å². The molecular formula is C15H28N2O5S. The molecule has 0 aromatic rings. The Hall–Kier alpha value is -0.700. The van der Waals surface area contributed by atoms with Gasteiger partial charge >= 0.3 is 5.97 Å². The molecule has 0 aromatic heterocycles. The third kappa shape index (κ3) is 4.65. The number of carbonyl (C=O) groups is 1. The fraction of sp³-hybridized carbons (Fsp3) is 0.933. The zero-order valence-corrected chi connectivity index (χ0v) is 15.0. The summed E-state index contributed by atoms with van der Waals surface area (Å²) in [6, 6.07) is 0. The zero-order valence-electron chi connectivity index (χ0n) is 14.2. The maximum atomic E-state index is 12.6. The Morgan fingerprint density at radius 1 is 1.17 bits per heavy atom. The van der Waals surface area contributed by atoms with Gasteiger partial charge in [-0.2, -0.15) is 4.31 Å². The molecule has 2 aliphatic rings. The summed E-state index contributed by atoms with van der Waals surface area (Å²) in [5.74, 6) is -0.596. The lowest BCUT2D eigenvalue weighted by Gasteiger charge is -2.40. The highest BCUT2D eigenvalue weighted by molar-refractivity contribution is 7.89. The molecule has 1 saturated carbocycles. The number of esters is 1. The second kappa shape index (κ2) is 7.04. The fourth-order valence-electron chi connectivity index (χ4n) is 2.95. The van der Waals surface area contributed by atoms with Gasteiger partial charge in [0.05, 0.1) is 17.8 Å². The third-order valence-corrected chi connectivity index (χ3v) is 6.68. The Morgan fingerprint density at radius 3 is 2.22 bits per heavy atom. The van der Waals surface area contributed by atoms with E-state index in [0.29, 0.717) is 45.6 Å². The molecule has 0 bridgehead atoms. The number of carbonyl (C=O) groups excluding carboxylic acids is 1. The van der Waals surface area contributed by atoms with Gasteiger partial charge in [0, 0.05) is 32.7 Å². The van der Waals surface area contributed by atoms with E-state index in [1.807, 2.05) is 20.8 Å². The molecule has 0 atom stereocenters. The molecule has 0 spiro atoms. The number of aliphatic hydroxyl groups is 1. The molecule has 1 aliphatic carbocycles. The van der Waals surface area contributed by atoms with Crippen LogP contribution in [0.2, 0.25) is 0 Å². The lowest BCUT2D eigenvalue weighted by Crippen LogP contribution is -2.54. The number of sulfonamides is 1. The number of hydrogen-bond donors (Lipinski definition) is 1. The van der Waals surface area contributed by atoms with E-state index in [0.717, 1.165) is 0 Å². The van der Waals surface area contributed by atoms with Gasteiger partial charge in [0.2, 0.25) is 10.0 Å². The van der Waals surface area contributed by atoms with E-state index in [2.05, 4.69) is 4.90 Å². The summed E-state index contributed by atoms with van der Waals surface area (Å²) in [7, 11) is -3.34. The number of piperazine rings is 1. The van der Waals surface area contributed by atoms with Crippen LogP contribution in [0.15, 0.2) is 0 Å². The smallest absolute Gasteiger partial charge is 0.309 e. The van der Waals surface area contributed by atoms with Crippen LogP contribution in [0.4, 0.5) is 0 Å². The minimum atomic E-state index is -3.34. The van der Waals surface area contributed by atoms with Gasteiger partial charge in [-0.25, -0.2) is 8.42 Å². The first-order chi connectivity index (χ1) is 10.6. The van der Waals surface area contributed by atoms with E-state index in [4.69, 9.17) is 9.84 Å². The molecule has 7 nitrogen and oxygen atoms in total. The van der Waals surface area contributed by atoms with Crippen molar-refractivity contribution in [2.24, 2.45) is 5.92 Å². The van der Waals surface area contributed by atoms with Crippen molar-refractivity contribution in [1.29, 1.82) is 0 Å². The van der Waals surface area contributed by atoms with Crippen molar-refractivity contribution in [3.05, 3.63) is 0 Å². The molecule has 1 saturated heterocycles. The summed E-state index contributed by atoms with van der Waals surface area (Å²) in [5, 5.41) is 8.46. The number of β-amino-alcohol motifs (C(OH)–C–C–N with tert-alkyl or cyclic N) is 1. The predicted octanol–water partition coefficient (Wildman–Crippen LogP) is 0.0464. The van der Waals surface area contributed by atoms with E-state index in [9.17, 15) is 13.2 Å². The Bertz CT molecular complexity index is 514. The topological polar surface area (TPSA) is 87.2 Å². The van der Waals surface area contributed by atoms with E-state index in [1.54, 1.807) is 0 Å². The second-order valence-electron chi connectivity index (χ2n) is 7.33. The monoisotopic (exact) mass is 348 g/mol. The molecule has 23 heavy (non-hydrogen) atoms. The SMILES string of the molecule is CC(C)(C)OC(=O)C1CC(S(=O)(=O)N2CCN(CCO)CC2)C1. The van der Waals surface area contributed by atoms with Gasteiger partial charge in [-0.1, -0.05) is 0 Å². The summed E-state index contributed by atoms with van der Waals surface area (Å²) in [4.78, 5) is 14.0. The molecule has 2 rings (SSSR count). The minimum absolute atomic E-state index is 0.0902. The molecule has 1 N–H and O–H groups in total. The summed E-state index contributed by atoms with van der Waals surface area (Å²) in [6.45, 7) is 8.29. The van der Waals surface area contributed by atoms with Crippen molar-refractivity contribution >= 4 is 16.0 Å². The second-order valence-corrected chi connectivity index (χ2v) is 9.55. The lowest BCUT2D eigenvalue weighted by atomic mass is 9.85. The standard InChI is InChI=1S/C15H28N2O5S/c1-15(2,3)22-14(19)12-10-13(11-12)23(20,21)17-6-4-16(5-7-17)8-9-18/h12-13,18H,4-11H2,1-3H3. The van der Waals surface area contributed by atoms with Gasteiger partial charge in [0.25, 0.3) is 0 Å². The molecule has 0 unspecified atom stereocenters. The van der Waals surface area contributed by atoms with Crippen molar-refractivity contribution in [3.63, 3.8) is 0 Å². The van der Waals surface area contributed by atoms with Crippen molar-refractivity contribution < 1.29 is 23.1 Å². The number of nitrogens with zero attached hydrogens (tertiary/aromatic N) is 2. The minimum Gasteiger partial charge on any atom is -0.460 e. The molecule has 0 radical (unpaired) electrons. The highest BCUT2D eigenvalue weighted by atomic mass is 32.2. The summed E-state index contributed by atoms with van der Waals surface area (Å²) in [6.07, 6.45) is 0.711. The van der Waals surface area contributed by atoms with Crippen LogP contribution < -0.4 is 0 Å². The maximum absolute atomic E-state index is 12.6. The first kappa shape index (κ1) is 18.6. The quantitative estimate of drug-likeness (QED) is 0.706. The fourth-order valence-corrected chi connectivity index (χ4v) is 4.99. The molecular weight excluding hydrogens is 320 g/mol. The Balaban J connectivity index is 1.83. The van der Waals surface area contributed by atoms with Gasteiger partial charge in [-0.05, 0) is 33.6 Å². The predicted molar refractivity (Wildman–Crippen MR) is 86.4 cm³/mol. The normalized spacial score (nSPS) is 27.5. The van der Waals surface area contributed by atoms with Gasteiger partial charge < -0.3 is 9.84 Å². The van der Waals surface area contributed by atoms with Crippen molar-refractivity contribution in [3.8, 4) is 0 Å². The first-order valence-corrected chi connectivity index (χ1v) is 9.69. The molecule has 1 aliphatic heterocycles. The van der Waals surface area contributed by atoms with E-state index in [1.165, 1.54) is 4.31 Å². The lowest BCUT2D eigenvalue weighted by molar-refractivity contribution is -0.162.